The molecular weight excluding hydrogens is 132 g/mol. The Balaban J connectivity index is 4.42. The minimum absolute atomic E-state index is 0.0278. The maximum Gasteiger partial charge on any atom is 0.354 e. The predicted octanol–water partition coefficient (Wildman–Crippen LogP) is 0.352. The Kier molecular flexibility index (Phi) is 3.17. The number of allylic oxidation sites excluding steroid dienone is 1. The molecule has 4 heteroatoms. The van der Waals surface area contributed by atoms with Gasteiger partial charge in [-0.2, -0.15) is 0 Å². The third-order valence-electron chi connectivity index (χ3n) is 0.789. The molecule has 0 spiro atoms. The summed E-state index contributed by atoms with van der Waals surface area (Å²) in [7, 11) is 0. The lowest BCUT2D eigenvalue weighted by molar-refractivity contribution is -0.132. The number of amidine groups is 1. The molecule has 0 fully saturated rings. The van der Waals surface area contributed by atoms with E-state index in [0.717, 1.165) is 0 Å². The summed E-state index contributed by atoms with van der Waals surface area (Å²) < 4.78 is 0. The van der Waals surface area contributed by atoms with Gasteiger partial charge in [0.05, 0.1) is 5.84 Å². The van der Waals surface area contributed by atoms with Crippen LogP contribution in [0.1, 0.15) is 13.8 Å². The molecule has 0 heterocycles. The summed E-state index contributed by atoms with van der Waals surface area (Å²) in [5, 5.41) is 8.39. The Morgan fingerprint density at radius 3 is 2.30 bits per heavy atom. The molecule has 0 aliphatic rings. The summed E-state index contributed by atoms with van der Waals surface area (Å²) in [6, 6.07) is 0. The summed E-state index contributed by atoms with van der Waals surface area (Å²) in [5.41, 5.74) is 5.12. The lowest BCUT2D eigenvalue weighted by Crippen LogP contribution is -2.08. The van der Waals surface area contributed by atoms with Crippen LogP contribution in [0.15, 0.2) is 16.8 Å². The number of nitrogens with two attached hydrogens (primary N) is 1. The van der Waals surface area contributed by atoms with E-state index in [4.69, 9.17) is 10.8 Å². The fraction of sp³-hybridized carbons (Fsp3) is 0.333. The first-order valence-corrected chi connectivity index (χ1v) is 2.78. The zero-order valence-corrected chi connectivity index (χ0v) is 5.96. The van der Waals surface area contributed by atoms with Gasteiger partial charge in [-0.05, 0) is 13.8 Å². The highest BCUT2D eigenvalue weighted by molar-refractivity contribution is 5.90. The van der Waals surface area contributed by atoms with E-state index in [1.807, 2.05) is 0 Å². The van der Waals surface area contributed by atoms with E-state index in [9.17, 15) is 4.79 Å². The summed E-state index contributed by atoms with van der Waals surface area (Å²) in [5.74, 6) is -0.817. The first-order valence-electron chi connectivity index (χ1n) is 2.78. The molecule has 0 saturated heterocycles. The SMILES string of the molecule is C/C=C(\N=C(C)N)C(=O)O. The van der Waals surface area contributed by atoms with Crippen LogP contribution in [-0.4, -0.2) is 16.9 Å². The monoisotopic (exact) mass is 142 g/mol. The number of carboxylic acid groups (broad SMARTS) is 1. The predicted molar refractivity (Wildman–Crippen MR) is 38.7 cm³/mol. The van der Waals surface area contributed by atoms with Gasteiger partial charge in [0.1, 0.15) is 5.70 Å². The van der Waals surface area contributed by atoms with Gasteiger partial charge in [0.15, 0.2) is 0 Å². The number of carbonyl (C=O) groups is 1. The Hall–Kier alpha value is -1.32. The average Bonchev–Trinajstić information content (AvgIpc) is 1.81. The van der Waals surface area contributed by atoms with Gasteiger partial charge >= 0.3 is 5.97 Å². The highest BCUT2D eigenvalue weighted by atomic mass is 16.4. The second-order valence-electron chi connectivity index (χ2n) is 1.73. The number of hydrogen-bond acceptors (Lipinski definition) is 2. The van der Waals surface area contributed by atoms with Crippen molar-refractivity contribution in [2.45, 2.75) is 13.8 Å². The van der Waals surface area contributed by atoms with Crippen LogP contribution in [0.3, 0.4) is 0 Å². The largest absolute Gasteiger partial charge is 0.477 e. The number of aliphatic imine (C=N–C) groups is 1. The molecule has 0 aliphatic carbocycles. The lowest BCUT2D eigenvalue weighted by atomic mass is 10.4. The molecule has 0 aromatic heterocycles. The van der Waals surface area contributed by atoms with Crippen LogP contribution in [0.5, 0.6) is 0 Å². The summed E-state index contributed by atoms with van der Waals surface area (Å²) in [4.78, 5) is 13.8. The van der Waals surface area contributed by atoms with E-state index in [1.54, 1.807) is 6.92 Å². The summed E-state index contributed by atoms with van der Waals surface area (Å²) >= 11 is 0. The van der Waals surface area contributed by atoms with Crippen LogP contribution in [0.4, 0.5) is 0 Å². The molecule has 10 heavy (non-hydrogen) atoms. The van der Waals surface area contributed by atoms with Crippen LogP contribution in [0.25, 0.3) is 0 Å². The van der Waals surface area contributed by atoms with E-state index in [1.165, 1.54) is 13.0 Å². The summed E-state index contributed by atoms with van der Waals surface area (Å²) in [6.45, 7) is 3.13. The quantitative estimate of drug-likeness (QED) is 0.332. The highest BCUT2D eigenvalue weighted by Crippen LogP contribution is 1.94. The van der Waals surface area contributed by atoms with Crippen LogP contribution in [0.2, 0.25) is 0 Å². The number of nitrogens with zero attached hydrogens (tertiary/aromatic N) is 1. The maximum absolute atomic E-state index is 10.2. The van der Waals surface area contributed by atoms with Crippen molar-refractivity contribution < 1.29 is 9.90 Å². The fourth-order valence-corrected chi connectivity index (χ4v) is 0.426. The van der Waals surface area contributed by atoms with E-state index in [2.05, 4.69) is 4.99 Å². The molecule has 3 N–H and O–H groups in total. The standard InChI is InChI=1S/C6H10N2O2/c1-3-5(6(9)10)8-4(2)7/h3H,1-2H3,(H2,7,8)(H,9,10)/b5-3-. The van der Waals surface area contributed by atoms with E-state index < -0.39 is 5.97 Å². The van der Waals surface area contributed by atoms with Crippen LogP contribution in [0, 0.1) is 0 Å². The van der Waals surface area contributed by atoms with Crippen molar-refractivity contribution in [3.05, 3.63) is 11.8 Å². The van der Waals surface area contributed by atoms with Gasteiger partial charge in [0.2, 0.25) is 0 Å². The van der Waals surface area contributed by atoms with Gasteiger partial charge in [0, 0.05) is 0 Å². The Bertz CT molecular complexity index is 190. The van der Waals surface area contributed by atoms with Crippen molar-refractivity contribution in [2.75, 3.05) is 0 Å². The highest BCUT2D eigenvalue weighted by Gasteiger charge is 2.01. The molecular formula is C6H10N2O2. The second-order valence-corrected chi connectivity index (χ2v) is 1.73. The van der Waals surface area contributed by atoms with Gasteiger partial charge < -0.3 is 10.8 Å². The Morgan fingerprint density at radius 1 is 1.70 bits per heavy atom. The second kappa shape index (κ2) is 3.66. The first-order chi connectivity index (χ1) is 4.57. The van der Waals surface area contributed by atoms with Crippen LogP contribution in [-0.2, 0) is 4.79 Å². The van der Waals surface area contributed by atoms with Crippen LogP contribution < -0.4 is 5.73 Å². The lowest BCUT2D eigenvalue weighted by Gasteiger charge is -1.92. The molecule has 0 atom stereocenters. The van der Waals surface area contributed by atoms with Crippen LogP contribution >= 0.6 is 0 Å². The Labute approximate surface area is 59.1 Å². The van der Waals surface area contributed by atoms with Crippen molar-refractivity contribution in [3.8, 4) is 0 Å². The number of aliphatic carboxylic acids is 1. The number of rotatable bonds is 2. The molecule has 0 aromatic carbocycles. The first kappa shape index (κ1) is 8.68. The van der Waals surface area contributed by atoms with Gasteiger partial charge in [-0.1, -0.05) is 6.08 Å². The van der Waals surface area contributed by atoms with Gasteiger partial charge in [0.25, 0.3) is 0 Å². The fourth-order valence-electron chi connectivity index (χ4n) is 0.426. The Morgan fingerprint density at radius 2 is 2.20 bits per heavy atom. The zero-order chi connectivity index (χ0) is 8.15. The van der Waals surface area contributed by atoms with E-state index in [-0.39, 0.29) is 11.5 Å². The van der Waals surface area contributed by atoms with Crippen molar-refractivity contribution in [1.29, 1.82) is 0 Å². The molecule has 0 bridgehead atoms. The third-order valence-corrected chi connectivity index (χ3v) is 0.789. The van der Waals surface area contributed by atoms with E-state index in [0.29, 0.717) is 0 Å². The van der Waals surface area contributed by atoms with Gasteiger partial charge in [-0.25, -0.2) is 9.79 Å². The van der Waals surface area contributed by atoms with Crippen molar-refractivity contribution in [1.82, 2.24) is 0 Å². The zero-order valence-electron chi connectivity index (χ0n) is 5.96. The minimum atomic E-state index is -1.06. The van der Waals surface area contributed by atoms with Crippen molar-refractivity contribution in [3.63, 3.8) is 0 Å². The normalized spacial score (nSPS) is 13.4. The summed E-state index contributed by atoms with van der Waals surface area (Å²) in [6.07, 6.45) is 1.39. The molecule has 0 unspecified atom stereocenters. The topological polar surface area (TPSA) is 75.7 Å². The molecule has 0 rings (SSSR count). The van der Waals surface area contributed by atoms with E-state index >= 15 is 0 Å². The molecule has 0 aromatic rings. The molecule has 56 valence electrons. The van der Waals surface area contributed by atoms with Gasteiger partial charge in [-0.15, -0.1) is 0 Å². The molecule has 0 aliphatic heterocycles. The molecule has 0 amide bonds. The van der Waals surface area contributed by atoms with Gasteiger partial charge in [-0.3, -0.25) is 0 Å². The molecule has 0 saturated carbocycles. The minimum Gasteiger partial charge on any atom is -0.477 e. The maximum atomic E-state index is 10.2. The average molecular weight is 142 g/mol. The molecule has 4 nitrogen and oxygen atoms in total. The van der Waals surface area contributed by atoms with Crippen molar-refractivity contribution in [2.24, 2.45) is 10.7 Å². The molecule has 0 radical (unpaired) electrons. The smallest absolute Gasteiger partial charge is 0.354 e. The number of hydrogen-bond donors (Lipinski definition) is 2. The third kappa shape index (κ3) is 2.86. The van der Waals surface area contributed by atoms with Crippen molar-refractivity contribution >= 4 is 11.8 Å². The number of carboxylic acids is 1.